The van der Waals surface area contributed by atoms with Crippen molar-refractivity contribution in [3.8, 4) is 0 Å². The second kappa shape index (κ2) is 8.39. The first-order valence-corrected chi connectivity index (χ1v) is 11.0. The van der Waals surface area contributed by atoms with Crippen molar-refractivity contribution in [3.63, 3.8) is 0 Å². The number of carboxylic acid groups (broad SMARTS) is 1. The summed E-state index contributed by atoms with van der Waals surface area (Å²) in [4.78, 5) is 24.7. The van der Waals surface area contributed by atoms with Crippen LogP contribution in [0.25, 0.3) is 0 Å². The highest BCUT2D eigenvalue weighted by Crippen LogP contribution is 2.31. The van der Waals surface area contributed by atoms with Gasteiger partial charge in [0, 0.05) is 24.7 Å². The second-order valence-corrected chi connectivity index (χ2v) is 9.00. The van der Waals surface area contributed by atoms with E-state index in [1.807, 2.05) is 0 Å². The predicted octanol–water partition coefficient (Wildman–Crippen LogP) is 2.44. The van der Waals surface area contributed by atoms with Gasteiger partial charge in [0.25, 0.3) is 0 Å². The maximum absolute atomic E-state index is 12.7. The van der Waals surface area contributed by atoms with Crippen LogP contribution in [0.4, 0.5) is 5.69 Å². The van der Waals surface area contributed by atoms with Crippen molar-refractivity contribution in [2.24, 2.45) is 0 Å². The topological polar surface area (TPSA) is 104 Å². The van der Waals surface area contributed by atoms with E-state index >= 15 is 0 Å². The number of aliphatic carboxylic acids is 1. The van der Waals surface area contributed by atoms with E-state index < -0.39 is 16.0 Å². The van der Waals surface area contributed by atoms with Crippen LogP contribution in [0.1, 0.15) is 56.9 Å². The Morgan fingerprint density at radius 2 is 1.81 bits per heavy atom. The minimum absolute atomic E-state index is 0.0140. The zero-order valence-corrected chi connectivity index (χ0v) is 16.1. The largest absolute Gasteiger partial charge is 0.481 e. The summed E-state index contributed by atoms with van der Waals surface area (Å²) in [6, 6.07) is 4.81. The molecule has 3 rings (SSSR count). The molecule has 1 aromatic carbocycles. The van der Waals surface area contributed by atoms with Gasteiger partial charge in [0.15, 0.2) is 0 Å². The lowest BCUT2D eigenvalue weighted by Crippen LogP contribution is -2.34. The first kappa shape index (κ1) is 19.8. The molecule has 1 aliphatic heterocycles. The standard InChI is InChI=1S/C19H26N2O5S/c22-18(9-10-19(23)24)21-12-11-14-13-16(7-8-17(14)21)27(25,26)20-15-5-3-1-2-4-6-15/h7-8,13,15,20H,1-6,9-12H2,(H,23,24). The van der Waals surface area contributed by atoms with Gasteiger partial charge >= 0.3 is 5.97 Å². The van der Waals surface area contributed by atoms with E-state index in [4.69, 9.17) is 5.11 Å². The molecule has 0 saturated heterocycles. The van der Waals surface area contributed by atoms with Crippen LogP contribution in [0.15, 0.2) is 23.1 Å². The Bertz CT molecular complexity index is 813. The highest BCUT2D eigenvalue weighted by Gasteiger charge is 2.27. The molecule has 0 aromatic heterocycles. The molecule has 27 heavy (non-hydrogen) atoms. The molecule has 1 fully saturated rings. The van der Waals surface area contributed by atoms with Crippen molar-refractivity contribution in [2.45, 2.75) is 68.7 Å². The lowest BCUT2D eigenvalue weighted by molar-refractivity contribution is -0.138. The number of nitrogens with zero attached hydrogens (tertiary/aromatic N) is 1. The zero-order valence-electron chi connectivity index (χ0n) is 15.3. The predicted molar refractivity (Wildman–Crippen MR) is 101 cm³/mol. The summed E-state index contributed by atoms with van der Waals surface area (Å²) >= 11 is 0. The van der Waals surface area contributed by atoms with Gasteiger partial charge in [0.2, 0.25) is 15.9 Å². The van der Waals surface area contributed by atoms with Gasteiger partial charge in [0.1, 0.15) is 0 Å². The number of amides is 1. The molecule has 0 radical (unpaired) electrons. The zero-order chi connectivity index (χ0) is 19.4. The van der Waals surface area contributed by atoms with Crippen LogP contribution in [0.5, 0.6) is 0 Å². The molecule has 1 amide bonds. The molecular weight excluding hydrogens is 368 g/mol. The Kier molecular flexibility index (Phi) is 6.16. The number of nitrogens with one attached hydrogen (secondary N) is 1. The minimum atomic E-state index is -3.59. The fourth-order valence-electron chi connectivity index (χ4n) is 3.84. The van der Waals surface area contributed by atoms with Gasteiger partial charge < -0.3 is 10.0 Å². The van der Waals surface area contributed by atoms with Crippen molar-refractivity contribution in [1.82, 2.24) is 4.72 Å². The molecule has 148 valence electrons. The molecule has 2 N–H and O–H groups in total. The number of carbonyl (C=O) groups is 2. The molecule has 2 aliphatic rings. The Labute approximate surface area is 159 Å². The maximum atomic E-state index is 12.7. The molecule has 0 atom stereocenters. The summed E-state index contributed by atoms with van der Waals surface area (Å²) in [7, 11) is -3.59. The number of carboxylic acids is 1. The molecular formula is C19H26N2O5S. The van der Waals surface area contributed by atoms with Gasteiger partial charge in [-0.25, -0.2) is 13.1 Å². The fraction of sp³-hybridized carbons (Fsp3) is 0.579. The number of hydrogen-bond donors (Lipinski definition) is 2. The SMILES string of the molecule is O=C(O)CCC(=O)N1CCc2cc(S(=O)(=O)NC3CCCCCC3)ccc21. The van der Waals surface area contributed by atoms with Crippen molar-refractivity contribution in [3.05, 3.63) is 23.8 Å². The number of hydrogen-bond acceptors (Lipinski definition) is 4. The summed E-state index contributed by atoms with van der Waals surface area (Å²) in [5.74, 6) is -1.25. The number of benzene rings is 1. The number of fused-ring (bicyclic) bond motifs is 1. The monoisotopic (exact) mass is 394 g/mol. The number of sulfonamides is 1. The van der Waals surface area contributed by atoms with Gasteiger partial charge in [-0.3, -0.25) is 9.59 Å². The summed E-state index contributed by atoms with van der Waals surface area (Å²) in [6.07, 6.45) is 6.45. The smallest absolute Gasteiger partial charge is 0.303 e. The summed E-state index contributed by atoms with van der Waals surface area (Å²) in [5.41, 5.74) is 1.49. The Hall–Kier alpha value is -1.93. The summed E-state index contributed by atoms with van der Waals surface area (Å²) in [5, 5.41) is 8.73. The summed E-state index contributed by atoms with van der Waals surface area (Å²) < 4.78 is 28.3. The molecule has 1 aliphatic carbocycles. The van der Waals surface area contributed by atoms with Crippen LogP contribution in [0.3, 0.4) is 0 Å². The molecule has 1 saturated carbocycles. The molecule has 0 spiro atoms. The van der Waals surface area contributed by atoms with E-state index in [2.05, 4.69) is 4.72 Å². The van der Waals surface area contributed by atoms with Gasteiger partial charge in [-0.05, 0) is 43.0 Å². The Morgan fingerprint density at radius 3 is 2.48 bits per heavy atom. The van der Waals surface area contributed by atoms with Gasteiger partial charge in [-0.15, -0.1) is 0 Å². The highest BCUT2D eigenvalue weighted by molar-refractivity contribution is 7.89. The van der Waals surface area contributed by atoms with E-state index in [9.17, 15) is 18.0 Å². The van der Waals surface area contributed by atoms with E-state index in [-0.39, 0.29) is 29.7 Å². The number of rotatable bonds is 6. The second-order valence-electron chi connectivity index (χ2n) is 7.29. The first-order chi connectivity index (χ1) is 12.9. The molecule has 1 heterocycles. The average molecular weight is 394 g/mol. The van der Waals surface area contributed by atoms with E-state index in [0.717, 1.165) is 44.1 Å². The maximum Gasteiger partial charge on any atom is 0.303 e. The molecule has 8 heteroatoms. The molecule has 0 unspecified atom stereocenters. The van der Waals surface area contributed by atoms with E-state index in [0.29, 0.717) is 18.7 Å². The fourth-order valence-corrected chi connectivity index (χ4v) is 5.19. The van der Waals surface area contributed by atoms with Crippen molar-refractivity contribution >= 4 is 27.6 Å². The van der Waals surface area contributed by atoms with Crippen LogP contribution in [0, 0.1) is 0 Å². The Balaban J connectivity index is 1.72. The van der Waals surface area contributed by atoms with Crippen molar-refractivity contribution < 1.29 is 23.1 Å². The van der Waals surface area contributed by atoms with Gasteiger partial charge in [0.05, 0.1) is 11.3 Å². The third-order valence-electron chi connectivity index (χ3n) is 5.29. The van der Waals surface area contributed by atoms with Crippen LogP contribution >= 0.6 is 0 Å². The van der Waals surface area contributed by atoms with E-state index in [1.165, 1.54) is 6.07 Å². The van der Waals surface area contributed by atoms with Crippen LogP contribution in [-0.2, 0) is 26.0 Å². The normalized spacial score (nSPS) is 18.1. The highest BCUT2D eigenvalue weighted by atomic mass is 32.2. The quantitative estimate of drug-likeness (QED) is 0.721. The van der Waals surface area contributed by atoms with Gasteiger partial charge in [-0.1, -0.05) is 25.7 Å². The molecule has 1 aromatic rings. The van der Waals surface area contributed by atoms with Crippen molar-refractivity contribution in [1.29, 1.82) is 0 Å². The Morgan fingerprint density at radius 1 is 1.11 bits per heavy atom. The minimum Gasteiger partial charge on any atom is -0.481 e. The lowest BCUT2D eigenvalue weighted by Gasteiger charge is -2.18. The number of carbonyl (C=O) groups excluding carboxylic acids is 1. The third kappa shape index (κ3) is 4.87. The van der Waals surface area contributed by atoms with E-state index in [1.54, 1.807) is 17.0 Å². The first-order valence-electron chi connectivity index (χ1n) is 9.54. The van der Waals surface area contributed by atoms with Crippen LogP contribution in [0.2, 0.25) is 0 Å². The van der Waals surface area contributed by atoms with Crippen LogP contribution in [-0.4, -0.2) is 38.0 Å². The number of anilines is 1. The average Bonchev–Trinajstić information content (AvgIpc) is 2.89. The van der Waals surface area contributed by atoms with Gasteiger partial charge in [-0.2, -0.15) is 0 Å². The summed E-state index contributed by atoms with van der Waals surface area (Å²) in [6.45, 7) is 0.452. The third-order valence-corrected chi connectivity index (χ3v) is 6.81. The van der Waals surface area contributed by atoms with Crippen LogP contribution < -0.4 is 9.62 Å². The van der Waals surface area contributed by atoms with Crippen molar-refractivity contribution in [2.75, 3.05) is 11.4 Å². The molecule has 0 bridgehead atoms. The lowest BCUT2D eigenvalue weighted by atomic mass is 10.1. The molecule has 7 nitrogen and oxygen atoms in total.